The molecule has 0 heterocycles. The second-order valence-electron chi connectivity index (χ2n) is 3.99. The maximum Gasteiger partial charge on any atom is 0.319 e. The SMILES string of the molecule is Cc1ccc(C)c(NC(=O)NCC(O)CO)c1. The van der Waals surface area contributed by atoms with E-state index in [1.165, 1.54) is 0 Å². The zero-order valence-corrected chi connectivity index (χ0v) is 10.0. The predicted molar refractivity (Wildman–Crippen MR) is 66.0 cm³/mol. The van der Waals surface area contributed by atoms with Crippen molar-refractivity contribution in [1.82, 2.24) is 5.32 Å². The number of carbonyl (C=O) groups excluding carboxylic acids is 1. The number of aryl methyl sites for hydroxylation is 2. The van der Waals surface area contributed by atoms with Crippen LogP contribution in [0.2, 0.25) is 0 Å². The summed E-state index contributed by atoms with van der Waals surface area (Å²) in [5.74, 6) is 0. The smallest absolute Gasteiger partial charge is 0.319 e. The molecule has 0 fully saturated rings. The Morgan fingerprint density at radius 3 is 2.76 bits per heavy atom. The van der Waals surface area contributed by atoms with Crippen LogP contribution in [0.3, 0.4) is 0 Å². The molecule has 1 aromatic carbocycles. The zero-order valence-electron chi connectivity index (χ0n) is 10.0. The summed E-state index contributed by atoms with van der Waals surface area (Å²) in [5, 5.41) is 22.8. The zero-order chi connectivity index (χ0) is 12.8. The number of hydrogen-bond donors (Lipinski definition) is 4. The van der Waals surface area contributed by atoms with Gasteiger partial charge in [-0.3, -0.25) is 0 Å². The number of benzene rings is 1. The van der Waals surface area contributed by atoms with Gasteiger partial charge in [0.05, 0.1) is 12.7 Å². The lowest BCUT2D eigenvalue weighted by molar-refractivity contribution is 0.0965. The number of aliphatic hydroxyl groups excluding tert-OH is 2. The molecule has 1 atom stereocenters. The first-order chi connectivity index (χ1) is 8.02. The first-order valence-electron chi connectivity index (χ1n) is 5.44. The molecule has 94 valence electrons. The molecule has 4 N–H and O–H groups in total. The van der Waals surface area contributed by atoms with Crippen molar-refractivity contribution < 1.29 is 15.0 Å². The van der Waals surface area contributed by atoms with E-state index < -0.39 is 12.1 Å². The van der Waals surface area contributed by atoms with Crippen molar-refractivity contribution in [2.45, 2.75) is 20.0 Å². The van der Waals surface area contributed by atoms with Crippen LogP contribution in [-0.4, -0.2) is 35.5 Å². The topological polar surface area (TPSA) is 81.6 Å². The molecule has 0 bridgehead atoms. The molecule has 5 heteroatoms. The van der Waals surface area contributed by atoms with E-state index in [9.17, 15) is 4.79 Å². The maximum absolute atomic E-state index is 11.5. The van der Waals surface area contributed by atoms with Gasteiger partial charge in [0.2, 0.25) is 0 Å². The van der Waals surface area contributed by atoms with Crippen molar-refractivity contribution in [2.75, 3.05) is 18.5 Å². The summed E-state index contributed by atoms with van der Waals surface area (Å²) >= 11 is 0. The quantitative estimate of drug-likeness (QED) is 0.625. The van der Waals surface area contributed by atoms with Crippen molar-refractivity contribution in [3.8, 4) is 0 Å². The van der Waals surface area contributed by atoms with Crippen LogP contribution in [0.4, 0.5) is 10.5 Å². The van der Waals surface area contributed by atoms with Crippen molar-refractivity contribution in [2.24, 2.45) is 0 Å². The summed E-state index contributed by atoms with van der Waals surface area (Å²) in [5.41, 5.74) is 2.76. The summed E-state index contributed by atoms with van der Waals surface area (Å²) in [6.45, 7) is 3.49. The highest BCUT2D eigenvalue weighted by molar-refractivity contribution is 5.90. The number of hydrogen-bond acceptors (Lipinski definition) is 3. The van der Waals surface area contributed by atoms with E-state index in [1.54, 1.807) is 0 Å². The highest BCUT2D eigenvalue weighted by Gasteiger charge is 2.07. The first kappa shape index (κ1) is 13.5. The van der Waals surface area contributed by atoms with E-state index in [0.29, 0.717) is 0 Å². The third-order valence-electron chi connectivity index (χ3n) is 2.35. The lowest BCUT2D eigenvalue weighted by atomic mass is 10.1. The number of anilines is 1. The Kier molecular flexibility index (Phi) is 4.93. The minimum absolute atomic E-state index is 0.0210. The Hall–Kier alpha value is -1.59. The molecule has 1 unspecified atom stereocenters. The molecule has 0 aliphatic heterocycles. The van der Waals surface area contributed by atoms with Crippen LogP contribution in [0.25, 0.3) is 0 Å². The average molecular weight is 238 g/mol. The van der Waals surface area contributed by atoms with Gasteiger partial charge in [-0.2, -0.15) is 0 Å². The number of carbonyl (C=O) groups is 1. The van der Waals surface area contributed by atoms with Gasteiger partial charge in [0.25, 0.3) is 0 Å². The van der Waals surface area contributed by atoms with Gasteiger partial charge < -0.3 is 20.8 Å². The fourth-order valence-electron chi connectivity index (χ4n) is 1.31. The van der Waals surface area contributed by atoms with Gasteiger partial charge in [0.15, 0.2) is 0 Å². The normalized spacial score (nSPS) is 12.0. The highest BCUT2D eigenvalue weighted by atomic mass is 16.3. The van der Waals surface area contributed by atoms with Gasteiger partial charge in [-0.1, -0.05) is 12.1 Å². The maximum atomic E-state index is 11.5. The molecule has 0 aromatic heterocycles. The lowest BCUT2D eigenvalue weighted by Gasteiger charge is -2.12. The van der Waals surface area contributed by atoms with Crippen molar-refractivity contribution in [3.05, 3.63) is 29.3 Å². The van der Waals surface area contributed by atoms with E-state index in [0.717, 1.165) is 16.8 Å². The van der Waals surface area contributed by atoms with Gasteiger partial charge in [-0.15, -0.1) is 0 Å². The molecule has 0 saturated heterocycles. The minimum atomic E-state index is -0.931. The van der Waals surface area contributed by atoms with Crippen LogP contribution >= 0.6 is 0 Å². The van der Waals surface area contributed by atoms with E-state index in [-0.39, 0.29) is 13.2 Å². The lowest BCUT2D eigenvalue weighted by Crippen LogP contribution is -2.36. The summed E-state index contributed by atoms with van der Waals surface area (Å²) in [6.07, 6.45) is -0.931. The number of urea groups is 1. The van der Waals surface area contributed by atoms with Crippen LogP contribution in [0.15, 0.2) is 18.2 Å². The Labute approximate surface area is 100 Å². The first-order valence-corrected chi connectivity index (χ1v) is 5.44. The van der Waals surface area contributed by atoms with Crippen molar-refractivity contribution >= 4 is 11.7 Å². The molecule has 0 radical (unpaired) electrons. The fourth-order valence-corrected chi connectivity index (χ4v) is 1.31. The summed E-state index contributed by atoms with van der Waals surface area (Å²) < 4.78 is 0. The summed E-state index contributed by atoms with van der Waals surface area (Å²) in [7, 11) is 0. The van der Waals surface area contributed by atoms with Gasteiger partial charge in [-0.05, 0) is 31.0 Å². The molecular formula is C12H18N2O3. The molecule has 1 rings (SSSR count). The Bertz CT molecular complexity index is 393. The highest BCUT2D eigenvalue weighted by Crippen LogP contribution is 2.15. The predicted octanol–water partition coefficient (Wildman–Crippen LogP) is 0.778. The number of amides is 2. The molecule has 0 aliphatic carbocycles. The Morgan fingerprint density at radius 2 is 2.12 bits per heavy atom. The molecule has 0 saturated carbocycles. The molecule has 5 nitrogen and oxygen atoms in total. The monoisotopic (exact) mass is 238 g/mol. The van der Waals surface area contributed by atoms with Gasteiger partial charge in [-0.25, -0.2) is 4.79 Å². The van der Waals surface area contributed by atoms with E-state index in [4.69, 9.17) is 10.2 Å². The third kappa shape index (κ3) is 4.42. The standard InChI is InChI=1S/C12H18N2O3/c1-8-3-4-9(2)11(5-8)14-12(17)13-6-10(16)7-15/h3-5,10,15-16H,6-7H2,1-2H3,(H2,13,14,17). The van der Waals surface area contributed by atoms with Crippen LogP contribution in [-0.2, 0) is 0 Å². The van der Waals surface area contributed by atoms with Gasteiger partial charge >= 0.3 is 6.03 Å². The number of aliphatic hydroxyl groups is 2. The van der Waals surface area contributed by atoms with E-state index in [1.807, 2.05) is 32.0 Å². The number of nitrogens with one attached hydrogen (secondary N) is 2. The van der Waals surface area contributed by atoms with Gasteiger partial charge in [0.1, 0.15) is 0 Å². The second-order valence-corrected chi connectivity index (χ2v) is 3.99. The number of rotatable bonds is 4. The molecule has 2 amide bonds. The van der Waals surface area contributed by atoms with Crippen LogP contribution < -0.4 is 10.6 Å². The molecular weight excluding hydrogens is 220 g/mol. The molecule has 0 spiro atoms. The van der Waals surface area contributed by atoms with E-state index in [2.05, 4.69) is 10.6 Å². The van der Waals surface area contributed by atoms with Crippen LogP contribution in [0, 0.1) is 13.8 Å². The summed E-state index contributed by atoms with van der Waals surface area (Å²) in [6, 6.07) is 5.37. The van der Waals surface area contributed by atoms with E-state index >= 15 is 0 Å². The van der Waals surface area contributed by atoms with Crippen molar-refractivity contribution in [1.29, 1.82) is 0 Å². The van der Waals surface area contributed by atoms with Crippen LogP contribution in [0.5, 0.6) is 0 Å². The Balaban J connectivity index is 2.53. The van der Waals surface area contributed by atoms with Crippen molar-refractivity contribution in [3.63, 3.8) is 0 Å². The molecule has 17 heavy (non-hydrogen) atoms. The molecule has 0 aliphatic rings. The van der Waals surface area contributed by atoms with Crippen LogP contribution in [0.1, 0.15) is 11.1 Å². The minimum Gasteiger partial charge on any atom is -0.394 e. The van der Waals surface area contributed by atoms with Gasteiger partial charge in [0, 0.05) is 12.2 Å². The second kappa shape index (κ2) is 6.22. The fraction of sp³-hybridized carbons (Fsp3) is 0.417. The molecule has 1 aromatic rings. The average Bonchev–Trinajstić information content (AvgIpc) is 2.30. The largest absolute Gasteiger partial charge is 0.394 e. The third-order valence-corrected chi connectivity index (χ3v) is 2.35. The summed E-state index contributed by atoms with van der Waals surface area (Å²) in [4.78, 5) is 11.5. The Morgan fingerprint density at radius 1 is 1.41 bits per heavy atom.